The van der Waals surface area contributed by atoms with E-state index in [-0.39, 0.29) is 22.9 Å². The number of hydrogen-bond acceptors (Lipinski definition) is 3. The average Bonchev–Trinajstić information content (AvgIpc) is 3.11. The topological polar surface area (TPSA) is 59.8 Å². The van der Waals surface area contributed by atoms with Crippen molar-refractivity contribution in [3.63, 3.8) is 0 Å². The quantitative estimate of drug-likeness (QED) is 0.737. The number of hydrogen-bond donors (Lipinski definition) is 1. The molecule has 0 fully saturated rings. The Balaban J connectivity index is 1.64. The highest BCUT2D eigenvalue weighted by atomic mass is 35.5. The van der Waals surface area contributed by atoms with Crippen LogP contribution in [0.15, 0.2) is 55.1 Å². The summed E-state index contributed by atoms with van der Waals surface area (Å²) < 4.78 is 15.5. The number of nitrogens with one attached hydrogen (secondary N) is 1. The minimum Gasteiger partial charge on any atom is -0.352 e. The molecule has 1 aromatic heterocycles. The van der Waals surface area contributed by atoms with E-state index >= 15 is 0 Å². The van der Waals surface area contributed by atoms with Gasteiger partial charge in [-0.15, -0.1) is 0 Å². The summed E-state index contributed by atoms with van der Waals surface area (Å²) in [5.41, 5.74) is 2.20. The first-order valence-corrected chi connectivity index (χ1v) is 8.10. The Morgan fingerprint density at radius 1 is 1.16 bits per heavy atom. The molecule has 5 nitrogen and oxygen atoms in total. The lowest BCUT2D eigenvalue weighted by Gasteiger charge is -2.11. The van der Waals surface area contributed by atoms with Gasteiger partial charge in [-0.2, -0.15) is 5.10 Å². The number of aromatic nitrogens is 3. The molecule has 0 aliphatic rings. The number of halogens is 2. The lowest BCUT2D eigenvalue weighted by atomic mass is 10.1. The summed E-state index contributed by atoms with van der Waals surface area (Å²) in [6.07, 6.45) is 3.01. The predicted molar refractivity (Wildman–Crippen MR) is 92.5 cm³/mol. The van der Waals surface area contributed by atoms with Crippen LogP contribution >= 0.6 is 11.6 Å². The molecule has 0 atom stereocenters. The van der Waals surface area contributed by atoms with E-state index in [1.54, 1.807) is 17.1 Å². The van der Waals surface area contributed by atoms with Crippen molar-refractivity contribution in [3.05, 3.63) is 82.6 Å². The Bertz CT molecular complexity index is 847. The van der Waals surface area contributed by atoms with Gasteiger partial charge in [0.15, 0.2) is 0 Å². The van der Waals surface area contributed by atoms with Gasteiger partial charge in [-0.05, 0) is 23.3 Å². The second-order valence-electron chi connectivity index (χ2n) is 5.52. The number of benzene rings is 2. The van der Waals surface area contributed by atoms with Crippen LogP contribution in [0, 0.1) is 5.82 Å². The second kappa shape index (κ2) is 7.90. The highest BCUT2D eigenvalue weighted by molar-refractivity contribution is 6.31. The van der Waals surface area contributed by atoms with E-state index in [9.17, 15) is 9.18 Å². The van der Waals surface area contributed by atoms with Gasteiger partial charge in [-0.25, -0.2) is 14.1 Å². The smallest absolute Gasteiger partial charge is 0.224 e. The van der Waals surface area contributed by atoms with E-state index in [4.69, 9.17) is 11.6 Å². The average molecular weight is 359 g/mol. The molecule has 0 radical (unpaired) electrons. The number of carbonyl (C=O) groups is 1. The maximum absolute atomic E-state index is 13.8. The molecular formula is C18H16ClFN4O. The zero-order valence-corrected chi connectivity index (χ0v) is 14.1. The minimum absolute atomic E-state index is 0.100. The molecule has 128 valence electrons. The number of nitrogens with zero attached hydrogens (tertiary/aromatic N) is 3. The van der Waals surface area contributed by atoms with Gasteiger partial charge >= 0.3 is 0 Å². The van der Waals surface area contributed by atoms with E-state index < -0.39 is 5.82 Å². The van der Waals surface area contributed by atoms with Gasteiger partial charge in [0.2, 0.25) is 5.91 Å². The molecule has 3 aromatic rings. The Morgan fingerprint density at radius 2 is 1.96 bits per heavy atom. The molecule has 25 heavy (non-hydrogen) atoms. The first-order valence-electron chi connectivity index (χ1n) is 7.72. The van der Waals surface area contributed by atoms with Crippen molar-refractivity contribution in [2.75, 3.05) is 0 Å². The van der Waals surface area contributed by atoms with Crippen LogP contribution in [-0.2, 0) is 24.3 Å². The molecule has 0 bridgehead atoms. The summed E-state index contributed by atoms with van der Waals surface area (Å²) in [5, 5.41) is 7.15. The molecule has 0 saturated carbocycles. The summed E-state index contributed by atoms with van der Waals surface area (Å²) in [6, 6.07) is 12.1. The SMILES string of the molecule is O=C(Cc1c(F)cccc1Cl)NCc1ccccc1Cn1cncn1. The van der Waals surface area contributed by atoms with Crippen molar-refractivity contribution >= 4 is 17.5 Å². The van der Waals surface area contributed by atoms with Crippen molar-refractivity contribution in [2.45, 2.75) is 19.5 Å². The largest absolute Gasteiger partial charge is 0.352 e. The van der Waals surface area contributed by atoms with Crippen LogP contribution < -0.4 is 5.32 Å². The summed E-state index contributed by atoms with van der Waals surface area (Å²) >= 11 is 5.96. The monoisotopic (exact) mass is 358 g/mol. The lowest BCUT2D eigenvalue weighted by Crippen LogP contribution is -2.25. The Morgan fingerprint density at radius 3 is 2.68 bits per heavy atom. The number of amides is 1. The Hall–Kier alpha value is -2.73. The van der Waals surface area contributed by atoms with Crippen molar-refractivity contribution in [1.29, 1.82) is 0 Å². The summed E-state index contributed by atoms with van der Waals surface area (Å²) in [5.74, 6) is -0.767. The van der Waals surface area contributed by atoms with Crippen molar-refractivity contribution in [2.24, 2.45) is 0 Å². The maximum Gasteiger partial charge on any atom is 0.224 e. The van der Waals surface area contributed by atoms with Gasteiger partial charge in [0.25, 0.3) is 0 Å². The number of rotatable bonds is 6. The molecule has 0 unspecified atom stereocenters. The van der Waals surface area contributed by atoms with Crippen LogP contribution in [-0.4, -0.2) is 20.7 Å². The Kier molecular flexibility index (Phi) is 5.40. The van der Waals surface area contributed by atoms with Crippen LogP contribution in [0.25, 0.3) is 0 Å². The van der Waals surface area contributed by atoms with Crippen LogP contribution in [0.2, 0.25) is 5.02 Å². The molecule has 1 heterocycles. The zero-order valence-electron chi connectivity index (χ0n) is 13.3. The van der Waals surface area contributed by atoms with Gasteiger partial charge in [-0.1, -0.05) is 41.9 Å². The third kappa shape index (κ3) is 4.42. The van der Waals surface area contributed by atoms with Gasteiger partial charge in [0, 0.05) is 17.1 Å². The maximum atomic E-state index is 13.8. The normalized spacial score (nSPS) is 10.6. The van der Waals surface area contributed by atoms with Crippen LogP contribution in [0.4, 0.5) is 4.39 Å². The molecule has 1 amide bonds. The summed E-state index contributed by atoms with van der Waals surface area (Å²) in [7, 11) is 0. The van der Waals surface area contributed by atoms with E-state index in [1.807, 2.05) is 24.3 Å². The molecule has 0 saturated heterocycles. The molecule has 0 aliphatic carbocycles. The van der Waals surface area contributed by atoms with E-state index in [1.165, 1.54) is 18.5 Å². The van der Waals surface area contributed by atoms with Crippen LogP contribution in [0.5, 0.6) is 0 Å². The highest BCUT2D eigenvalue weighted by Crippen LogP contribution is 2.19. The summed E-state index contributed by atoms with van der Waals surface area (Å²) in [4.78, 5) is 16.1. The van der Waals surface area contributed by atoms with Crippen LogP contribution in [0.1, 0.15) is 16.7 Å². The number of carbonyl (C=O) groups excluding carboxylic acids is 1. The van der Waals surface area contributed by atoms with Crippen LogP contribution in [0.3, 0.4) is 0 Å². The molecule has 7 heteroatoms. The molecular weight excluding hydrogens is 343 g/mol. The third-order valence-corrected chi connectivity index (χ3v) is 4.15. The fraction of sp³-hybridized carbons (Fsp3) is 0.167. The third-order valence-electron chi connectivity index (χ3n) is 3.79. The van der Waals surface area contributed by atoms with Crippen molar-refractivity contribution < 1.29 is 9.18 Å². The minimum atomic E-state index is -0.478. The van der Waals surface area contributed by atoms with Gasteiger partial charge in [0.1, 0.15) is 18.5 Å². The molecule has 2 aromatic carbocycles. The first-order chi connectivity index (χ1) is 12.1. The predicted octanol–water partition coefficient (Wildman–Crippen LogP) is 2.98. The van der Waals surface area contributed by atoms with Crippen molar-refractivity contribution in [1.82, 2.24) is 20.1 Å². The van der Waals surface area contributed by atoms with E-state index in [0.717, 1.165) is 11.1 Å². The molecule has 1 N–H and O–H groups in total. The first kappa shape index (κ1) is 17.1. The lowest BCUT2D eigenvalue weighted by molar-refractivity contribution is -0.120. The van der Waals surface area contributed by atoms with Crippen molar-refractivity contribution in [3.8, 4) is 0 Å². The summed E-state index contributed by atoms with van der Waals surface area (Å²) in [6.45, 7) is 0.904. The fourth-order valence-electron chi connectivity index (χ4n) is 2.49. The van der Waals surface area contributed by atoms with E-state index in [2.05, 4.69) is 15.4 Å². The zero-order chi connectivity index (χ0) is 17.6. The van der Waals surface area contributed by atoms with E-state index in [0.29, 0.717) is 13.1 Å². The molecule has 0 spiro atoms. The molecule has 3 rings (SSSR count). The fourth-order valence-corrected chi connectivity index (χ4v) is 2.72. The van der Waals surface area contributed by atoms with Gasteiger partial charge in [-0.3, -0.25) is 4.79 Å². The standard InChI is InChI=1S/C18H16ClFN4O/c19-16-6-3-7-17(20)15(16)8-18(25)22-9-13-4-1-2-5-14(13)10-24-12-21-11-23-24/h1-7,11-12H,8-10H2,(H,22,25). The molecule has 0 aliphatic heterocycles. The second-order valence-corrected chi connectivity index (χ2v) is 5.92. The Labute approximate surface area is 149 Å². The van der Waals surface area contributed by atoms with Gasteiger partial charge < -0.3 is 5.32 Å². The van der Waals surface area contributed by atoms with Gasteiger partial charge in [0.05, 0.1) is 13.0 Å². The highest BCUT2D eigenvalue weighted by Gasteiger charge is 2.12.